The zero-order valence-corrected chi connectivity index (χ0v) is 10.9. The first-order chi connectivity index (χ1) is 7.66. The first kappa shape index (κ1) is 13.5. The summed E-state index contributed by atoms with van der Waals surface area (Å²) >= 11 is 4.18. The standard InChI is InChI=1S/C13H20FNS/c1-11(15(2)9-5-6-10-16)12-7-3-4-8-13(12)14/h3-4,7-8,11,16H,5-6,9-10H2,1-2H3. The molecule has 1 aromatic rings. The van der Waals surface area contributed by atoms with Gasteiger partial charge >= 0.3 is 0 Å². The topological polar surface area (TPSA) is 3.24 Å². The van der Waals surface area contributed by atoms with Crippen molar-refractivity contribution >= 4 is 12.6 Å². The Morgan fingerprint density at radius 2 is 2.00 bits per heavy atom. The fraction of sp³-hybridized carbons (Fsp3) is 0.538. The highest BCUT2D eigenvalue weighted by atomic mass is 32.1. The fourth-order valence-electron chi connectivity index (χ4n) is 1.72. The molecule has 0 aliphatic heterocycles. The normalized spacial score (nSPS) is 13.1. The van der Waals surface area contributed by atoms with Crippen LogP contribution in [0.4, 0.5) is 4.39 Å². The van der Waals surface area contributed by atoms with Gasteiger partial charge in [-0.05, 0) is 45.2 Å². The summed E-state index contributed by atoms with van der Waals surface area (Å²) in [5.74, 6) is 0.804. The van der Waals surface area contributed by atoms with E-state index < -0.39 is 0 Å². The molecule has 1 nitrogen and oxygen atoms in total. The van der Waals surface area contributed by atoms with Crippen molar-refractivity contribution in [2.45, 2.75) is 25.8 Å². The summed E-state index contributed by atoms with van der Waals surface area (Å²) in [6.07, 6.45) is 2.22. The number of rotatable bonds is 6. The molecule has 0 amide bonds. The van der Waals surface area contributed by atoms with E-state index >= 15 is 0 Å². The lowest BCUT2D eigenvalue weighted by Crippen LogP contribution is -2.24. The summed E-state index contributed by atoms with van der Waals surface area (Å²) < 4.78 is 13.5. The summed E-state index contributed by atoms with van der Waals surface area (Å²) in [4.78, 5) is 2.18. The van der Waals surface area contributed by atoms with Crippen molar-refractivity contribution in [2.75, 3.05) is 19.3 Å². The van der Waals surface area contributed by atoms with E-state index in [2.05, 4.69) is 17.5 Å². The Kier molecular flexibility index (Phi) is 5.85. The molecule has 0 bridgehead atoms. The number of hydrogen-bond donors (Lipinski definition) is 1. The molecule has 3 heteroatoms. The smallest absolute Gasteiger partial charge is 0.127 e. The predicted molar refractivity (Wildman–Crippen MR) is 70.5 cm³/mol. The van der Waals surface area contributed by atoms with Gasteiger partial charge in [0, 0.05) is 11.6 Å². The number of halogens is 1. The second-order valence-corrected chi connectivity index (χ2v) is 4.56. The van der Waals surface area contributed by atoms with E-state index in [-0.39, 0.29) is 11.9 Å². The van der Waals surface area contributed by atoms with Gasteiger partial charge in [-0.2, -0.15) is 12.6 Å². The van der Waals surface area contributed by atoms with Crippen LogP contribution in [0.1, 0.15) is 31.4 Å². The number of thiol groups is 1. The van der Waals surface area contributed by atoms with Crippen LogP contribution in [-0.2, 0) is 0 Å². The molecule has 0 saturated heterocycles. The largest absolute Gasteiger partial charge is 0.300 e. The minimum atomic E-state index is -0.115. The van der Waals surface area contributed by atoms with Crippen LogP contribution in [0.3, 0.4) is 0 Å². The van der Waals surface area contributed by atoms with Crippen LogP contribution in [-0.4, -0.2) is 24.2 Å². The van der Waals surface area contributed by atoms with Gasteiger partial charge in [0.1, 0.15) is 5.82 Å². The highest BCUT2D eigenvalue weighted by Gasteiger charge is 2.14. The van der Waals surface area contributed by atoms with E-state index in [1.54, 1.807) is 6.07 Å². The van der Waals surface area contributed by atoms with Gasteiger partial charge in [-0.3, -0.25) is 4.90 Å². The third kappa shape index (κ3) is 3.80. The minimum Gasteiger partial charge on any atom is -0.300 e. The Morgan fingerprint density at radius 1 is 1.31 bits per heavy atom. The molecule has 0 radical (unpaired) electrons. The maximum absolute atomic E-state index is 13.5. The highest BCUT2D eigenvalue weighted by Crippen LogP contribution is 2.21. The van der Waals surface area contributed by atoms with E-state index in [4.69, 9.17) is 0 Å². The van der Waals surface area contributed by atoms with Gasteiger partial charge in [0.15, 0.2) is 0 Å². The molecule has 0 aromatic heterocycles. The molecule has 16 heavy (non-hydrogen) atoms. The van der Waals surface area contributed by atoms with Crippen molar-refractivity contribution in [3.63, 3.8) is 0 Å². The third-order valence-electron chi connectivity index (χ3n) is 2.94. The van der Waals surface area contributed by atoms with Crippen molar-refractivity contribution in [1.82, 2.24) is 4.90 Å². The van der Waals surface area contributed by atoms with Gasteiger partial charge in [-0.1, -0.05) is 18.2 Å². The van der Waals surface area contributed by atoms with Gasteiger partial charge in [-0.25, -0.2) is 4.39 Å². The number of hydrogen-bond acceptors (Lipinski definition) is 2. The molecule has 0 aliphatic rings. The molecule has 90 valence electrons. The average Bonchev–Trinajstić information content (AvgIpc) is 2.29. The predicted octanol–water partition coefficient (Wildman–Crippen LogP) is 3.53. The quantitative estimate of drug-likeness (QED) is 0.589. The average molecular weight is 241 g/mol. The summed E-state index contributed by atoms with van der Waals surface area (Å²) in [5, 5.41) is 0. The fourth-order valence-corrected chi connectivity index (χ4v) is 1.94. The van der Waals surface area contributed by atoms with Crippen LogP contribution >= 0.6 is 12.6 Å². The van der Waals surface area contributed by atoms with Gasteiger partial charge in [0.2, 0.25) is 0 Å². The molecule has 1 unspecified atom stereocenters. The van der Waals surface area contributed by atoms with Crippen molar-refractivity contribution < 1.29 is 4.39 Å². The zero-order chi connectivity index (χ0) is 12.0. The van der Waals surface area contributed by atoms with E-state index in [0.717, 1.165) is 30.7 Å². The molecule has 0 saturated carbocycles. The number of benzene rings is 1. The molecule has 1 aromatic carbocycles. The molecule has 0 fully saturated rings. The van der Waals surface area contributed by atoms with E-state index in [1.165, 1.54) is 6.07 Å². The lowest BCUT2D eigenvalue weighted by Gasteiger charge is -2.25. The van der Waals surface area contributed by atoms with E-state index in [0.29, 0.717) is 0 Å². The van der Waals surface area contributed by atoms with Crippen molar-refractivity contribution in [3.05, 3.63) is 35.6 Å². The highest BCUT2D eigenvalue weighted by molar-refractivity contribution is 7.80. The summed E-state index contributed by atoms with van der Waals surface area (Å²) in [6, 6.07) is 7.12. The maximum atomic E-state index is 13.5. The Balaban J connectivity index is 2.56. The lowest BCUT2D eigenvalue weighted by atomic mass is 10.1. The van der Waals surface area contributed by atoms with E-state index in [9.17, 15) is 4.39 Å². The molecular formula is C13H20FNS. The molecular weight excluding hydrogens is 221 g/mol. The van der Waals surface area contributed by atoms with Gasteiger partial charge in [0.25, 0.3) is 0 Å². The van der Waals surface area contributed by atoms with Gasteiger partial charge in [0.05, 0.1) is 0 Å². The molecule has 0 N–H and O–H groups in total. The second kappa shape index (κ2) is 6.92. The molecule has 0 heterocycles. The zero-order valence-electron chi connectivity index (χ0n) is 9.99. The number of unbranched alkanes of at least 4 members (excludes halogenated alkanes) is 1. The summed E-state index contributed by atoms with van der Waals surface area (Å²) in [5.41, 5.74) is 0.774. The van der Waals surface area contributed by atoms with Crippen LogP contribution in [0.2, 0.25) is 0 Å². The first-order valence-electron chi connectivity index (χ1n) is 5.72. The van der Waals surface area contributed by atoms with Crippen LogP contribution in [0.25, 0.3) is 0 Å². The third-order valence-corrected chi connectivity index (χ3v) is 3.25. The monoisotopic (exact) mass is 241 g/mol. The maximum Gasteiger partial charge on any atom is 0.127 e. The second-order valence-electron chi connectivity index (χ2n) is 4.11. The lowest BCUT2D eigenvalue weighted by molar-refractivity contribution is 0.253. The summed E-state index contributed by atoms with van der Waals surface area (Å²) in [6.45, 7) is 3.02. The van der Waals surface area contributed by atoms with Crippen molar-refractivity contribution in [2.24, 2.45) is 0 Å². The van der Waals surface area contributed by atoms with Crippen molar-refractivity contribution in [3.8, 4) is 0 Å². The Hall–Kier alpha value is -0.540. The molecule has 0 aliphatic carbocycles. The SMILES string of the molecule is CC(c1ccccc1F)N(C)CCCCS. The minimum absolute atomic E-state index is 0.115. The first-order valence-corrected chi connectivity index (χ1v) is 6.35. The Labute approximate surface area is 103 Å². The van der Waals surface area contributed by atoms with Crippen molar-refractivity contribution in [1.29, 1.82) is 0 Å². The van der Waals surface area contributed by atoms with Crippen LogP contribution in [0.5, 0.6) is 0 Å². The molecule has 1 rings (SSSR count). The van der Waals surface area contributed by atoms with E-state index in [1.807, 2.05) is 26.1 Å². The van der Waals surface area contributed by atoms with Crippen LogP contribution in [0.15, 0.2) is 24.3 Å². The van der Waals surface area contributed by atoms with Crippen LogP contribution in [0, 0.1) is 5.82 Å². The molecule has 0 spiro atoms. The Morgan fingerprint density at radius 3 is 2.62 bits per heavy atom. The molecule has 1 atom stereocenters. The van der Waals surface area contributed by atoms with Gasteiger partial charge < -0.3 is 0 Å². The number of nitrogens with zero attached hydrogens (tertiary/aromatic N) is 1. The van der Waals surface area contributed by atoms with Gasteiger partial charge in [-0.15, -0.1) is 0 Å². The van der Waals surface area contributed by atoms with Crippen LogP contribution < -0.4 is 0 Å². The Bertz CT molecular complexity index is 317. The summed E-state index contributed by atoms with van der Waals surface area (Å²) in [7, 11) is 2.04.